The highest BCUT2D eigenvalue weighted by Crippen LogP contribution is 2.28. The summed E-state index contributed by atoms with van der Waals surface area (Å²) in [7, 11) is 1.61. The van der Waals surface area contributed by atoms with Gasteiger partial charge in [-0.1, -0.05) is 0 Å². The van der Waals surface area contributed by atoms with E-state index in [1.165, 1.54) is 0 Å². The van der Waals surface area contributed by atoms with Crippen molar-refractivity contribution < 1.29 is 9.53 Å². The van der Waals surface area contributed by atoms with Crippen LogP contribution in [0.5, 0.6) is 5.75 Å². The van der Waals surface area contributed by atoms with E-state index < -0.39 is 0 Å². The fraction of sp³-hybridized carbons (Fsp3) is 0.417. The summed E-state index contributed by atoms with van der Waals surface area (Å²) in [5.41, 5.74) is 7.10. The lowest BCUT2D eigenvalue weighted by Crippen LogP contribution is -2.18. The highest BCUT2D eigenvalue weighted by atomic mass is 16.5. The third-order valence-corrected chi connectivity index (χ3v) is 2.52. The van der Waals surface area contributed by atoms with Gasteiger partial charge in [-0.2, -0.15) is 0 Å². The number of carbonyl (C=O) groups excluding carboxylic acids is 1. The first-order valence-electron chi connectivity index (χ1n) is 5.45. The van der Waals surface area contributed by atoms with Crippen LogP contribution in [0.25, 0.3) is 0 Å². The van der Waals surface area contributed by atoms with E-state index in [0.29, 0.717) is 18.2 Å². The summed E-state index contributed by atoms with van der Waals surface area (Å²) in [6, 6.07) is 5.44. The van der Waals surface area contributed by atoms with Gasteiger partial charge in [0.1, 0.15) is 5.75 Å². The molecule has 0 aliphatic heterocycles. The van der Waals surface area contributed by atoms with E-state index in [4.69, 9.17) is 10.5 Å². The minimum Gasteiger partial charge on any atom is -0.490 e. The van der Waals surface area contributed by atoms with Gasteiger partial charge in [0.25, 0.3) is 5.91 Å². The molecule has 16 heavy (non-hydrogen) atoms. The second-order valence-electron chi connectivity index (χ2n) is 3.97. The molecule has 4 heteroatoms. The van der Waals surface area contributed by atoms with Crippen molar-refractivity contribution >= 4 is 5.91 Å². The molecule has 0 aromatic heterocycles. The SMILES string of the molecule is CNC(=O)c1cc(CN)cc(OC2CC2)c1. The lowest BCUT2D eigenvalue weighted by molar-refractivity contribution is 0.0962. The van der Waals surface area contributed by atoms with Gasteiger partial charge in [0, 0.05) is 19.2 Å². The number of amides is 1. The molecule has 4 nitrogen and oxygen atoms in total. The van der Waals surface area contributed by atoms with Gasteiger partial charge in [-0.15, -0.1) is 0 Å². The maximum absolute atomic E-state index is 11.5. The van der Waals surface area contributed by atoms with Crippen molar-refractivity contribution in [3.05, 3.63) is 29.3 Å². The van der Waals surface area contributed by atoms with Gasteiger partial charge in [0.2, 0.25) is 0 Å². The minimum atomic E-state index is -0.115. The summed E-state index contributed by atoms with van der Waals surface area (Å²) < 4.78 is 5.67. The smallest absolute Gasteiger partial charge is 0.251 e. The van der Waals surface area contributed by atoms with Crippen LogP contribution in [0.1, 0.15) is 28.8 Å². The monoisotopic (exact) mass is 220 g/mol. The quantitative estimate of drug-likeness (QED) is 0.797. The zero-order chi connectivity index (χ0) is 11.5. The average Bonchev–Trinajstić information content (AvgIpc) is 3.11. The van der Waals surface area contributed by atoms with Crippen LogP contribution in [0, 0.1) is 0 Å². The van der Waals surface area contributed by atoms with Crippen LogP contribution >= 0.6 is 0 Å². The third kappa shape index (κ3) is 2.52. The van der Waals surface area contributed by atoms with Crippen molar-refractivity contribution in [2.45, 2.75) is 25.5 Å². The molecule has 0 heterocycles. The Bertz CT molecular complexity index is 400. The van der Waals surface area contributed by atoms with Crippen LogP contribution in [0.15, 0.2) is 18.2 Å². The Labute approximate surface area is 94.8 Å². The van der Waals surface area contributed by atoms with Crippen molar-refractivity contribution in [3.63, 3.8) is 0 Å². The highest BCUT2D eigenvalue weighted by molar-refractivity contribution is 5.94. The molecule has 0 atom stereocenters. The van der Waals surface area contributed by atoms with Gasteiger partial charge in [-0.25, -0.2) is 0 Å². The first kappa shape index (κ1) is 11.0. The van der Waals surface area contributed by atoms with E-state index in [1.54, 1.807) is 19.2 Å². The van der Waals surface area contributed by atoms with Crippen LogP contribution in [0.2, 0.25) is 0 Å². The Morgan fingerprint density at radius 3 is 2.81 bits per heavy atom. The van der Waals surface area contributed by atoms with E-state index in [0.717, 1.165) is 24.2 Å². The second-order valence-corrected chi connectivity index (χ2v) is 3.97. The predicted molar refractivity (Wildman–Crippen MR) is 61.4 cm³/mol. The molecule has 1 aliphatic carbocycles. The number of hydrogen-bond donors (Lipinski definition) is 2. The minimum absolute atomic E-state index is 0.115. The Hall–Kier alpha value is -1.55. The molecule has 0 spiro atoms. The van der Waals surface area contributed by atoms with Crippen molar-refractivity contribution in [3.8, 4) is 5.75 Å². The van der Waals surface area contributed by atoms with E-state index in [-0.39, 0.29) is 5.91 Å². The zero-order valence-electron chi connectivity index (χ0n) is 9.32. The summed E-state index contributed by atoms with van der Waals surface area (Å²) >= 11 is 0. The summed E-state index contributed by atoms with van der Waals surface area (Å²) in [5.74, 6) is 0.625. The maximum Gasteiger partial charge on any atom is 0.251 e. The molecule has 0 bridgehead atoms. The molecule has 1 saturated carbocycles. The molecule has 0 unspecified atom stereocenters. The molecule has 0 saturated heterocycles. The van der Waals surface area contributed by atoms with Crippen molar-refractivity contribution in [1.29, 1.82) is 0 Å². The number of carbonyl (C=O) groups is 1. The first-order chi connectivity index (χ1) is 7.72. The summed E-state index contributed by atoms with van der Waals surface area (Å²) in [6.45, 7) is 0.409. The fourth-order valence-corrected chi connectivity index (χ4v) is 1.50. The number of ether oxygens (including phenoxy) is 1. The molecule has 1 aromatic rings. The molecular weight excluding hydrogens is 204 g/mol. The van der Waals surface area contributed by atoms with Gasteiger partial charge in [0.15, 0.2) is 0 Å². The molecule has 2 rings (SSSR count). The average molecular weight is 220 g/mol. The van der Waals surface area contributed by atoms with Crippen LogP contribution in [0.3, 0.4) is 0 Å². The lowest BCUT2D eigenvalue weighted by atomic mass is 10.1. The number of hydrogen-bond acceptors (Lipinski definition) is 3. The Balaban J connectivity index is 2.25. The third-order valence-electron chi connectivity index (χ3n) is 2.52. The summed E-state index contributed by atoms with van der Waals surface area (Å²) in [5, 5.41) is 2.59. The molecule has 3 N–H and O–H groups in total. The molecule has 1 fully saturated rings. The van der Waals surface area contributed by atoms with E-state index in [1.807, 2.05) is 6.07 Å². The van der Waals surface area contributed by atoms with Crippen LogP contribution in [-0.2, 0) is 6.54 Å². The summed E-state index contributed by atoms with van der Waals surface area (Å²) in [6.07, 6.45) is 2.52. The molecular formula is C12H16N2O2. The first-order valence-corrected chi connectivity index (χ1v) is 5.45. The van der Waals surface area contributed by atoms with Gasteiger partial charge >= 0.3 is 0 Å². The Morgan fingerprint density at radius 2 is 2.25 bits per heavy atom. The zero-order valence-corrected chi connectivity index (χ0v) is 9.32. The van der Waals surface area contributed by atoms with Crippen molar-refractivity contribution in [2.24, 2.45) is 5.73 Å². The van der Waals surface area contributed by atoms with Gasteiger partial charge in [-0.3, -0.25) is 4.79 Å². The number of benzene rings is 1. The number of nitrogens with one attached hydrogen (secondary N) is 1. The molecule has 1 aliphatic rings. The predicted octanol–water partition coefficient (Wildman–Crippen LogP) is 1.05. The van der Waals surface area contributed by atoms with Crippen LogP contribution in [-0.4, -0.2) is 19.1 Å². The van der Waals surface area contributed by atoms with Crippen molar-refractivity contribution in [1.82, 2.24) is 5.32 Å². The van der Waals surface area contributed by atoms with Gasteiger partial charge in [0.05, 0.1) is 6.10 Å². The number of rotatable bonds is 4. The lowest BCUT2D eigenvalue weighted by Gasteiger charge is -2.09. The largest absolute Gasteiger partial charge is 0.490 e. The van der Waals surface area contributed by atoms with Gasteiger partial charge < -0.3 is 15.8 Å². The van der Waals surface area contributed by atoms with E-state index in [2.05, 4.69) is 5.32 Å². The topological polar surface area (TPSA) is 64.4 Å². The molecule has 86 valence electrons. The van der Waals surface area contributed by atoms with Crippen LogP contribution < -0.4 is 15.8 Å². The maximum atomic E-state index is 11.5. The van der Waals surface area contributed by atoms with E-state index in [9.17, 15) is 4.79 Å². The Morgan fingerprint density at radius 1 is 1.50 bits per heavy atom. The standard InChI is InChI=1S/C12H16N2O2/c1-14-12(15)9-4-8(7-13)5-11(6-9)16-10-2-3-10/h4-6,10H,2-3,7,13H2,1H3,(H,14,15). The molecule has 1 aromatic carbocycles. The summed E-state index contributed by atoms with van der Waals surface area (Å²) in [4.78, 5) is 11.5. The normalized spacial score (nSPS) is 14.6. The number of nitrogens with two attached hydrogens (primary N) is 1. The van der Waals surface area contributed by atoms with Crippen LogP contribution in [0.4, 0.5) is 0 Å². The van der Waals surface area contributed by atoms with Gasteiger partial charge in [-0.05, 0) is 36.6 Å². The second kappa shape index (κ2) is 4.53. The Kier molecular flexibility index (Phi) is 3.10. The van der Waals surface area contributed by atoms with Crippen molar-refractivity contribution in [2.75, 3.05) is 7.05 Å². The molecule has 0 radical (unpaired) electrons. The molecule has 1 amide bonds. The fourth-order valence-electron chi connectivity index (χ4n) is 1.50. The van der Waals surface area contributed by atoms with E-state index >= 15 is 0 Å². The highest BCUT2D eigenvalue weighted by Gasteiger charge is 2.24.